The lowest BCUT2D eigenvalue weighted by Gasteiger charge is -2.36. The number of carboxylic acid groups (broad SMARTS) is 1. The Bertz CT molecular complexity index is 232. The molecular weight excluding hydrogens is 226 g/mol. The van der Waals surface area contributed by atoms with E-state index in [2.05, 4.69) is 18.1 Å². The van der Waals surface area contributed by atoms with Gasteiger partial charge in [-0.3, -0.25) is 0 Å². The maximum absolute atomic E-state index is 10.5. The zero-order chi connectivity index (χ0) is 10.6. The van der Waals surface area contributed by atoms with Gasteiger partial charge in [-0.05, 0) is 12.2 Å². The second kappa shape index (κ2) is 5.35. The second-order valence-corrected chi connectivity index (χ2v) is 3.69. The predicted molar refractivity (Wildman–Crippen MR) is 57.0 cm³/mol. The maximum Gasteiger partial charge on any atom is 0.424 e. The average molecular weight is 237 g/mol. The number of nitrogens with zero attached hydrogens (tertiary/aromatic N) is 2. The van der Waals surface area contributed by atoms with Crippen molar-refractivity contribution < 1.29 is 14.6 Å². The largest absolute Gasteiger partial charge is 0.464 e. The van der Waals surface area contributed by atoms with Crippen LogP contribution in [0.2, 0.25) is 0 Å². The van der Waals surface area contributed by atoms with Crippen LogP contribution in [0.1, 0.15) is 0 Å². The fraction of sp³-hybridized carbons (Fsp3) is 0.667. The molecule has 0 aromatic rings. The summed E-state index contributed by atoms with van der Waals surface area (Å²) in [7, 11) is 0. The van der Waals surface area contributed by atoms with Gasteiger partial charge >= 0.3 is 6.09 Å². The van der Waals surface area contributed by atoms with E-state index < -0.39 is 6.09 Å². The standard InChI is InChI=1S/C6H11N3O3S2/c10-5(11)7-9(6(13)14)8-1-3-12-4-2-8/h7H,1-4H2,(H,10,11)(H,13,14). The van der Waals surface area contributed by atoms with Crippen LogP contribution in [0.3, 0.4) is 0 Å². The Morgan fingerprint density at radius 2 is 2.14 bits per heavy atom. The molecule has 0 bridgehead atoms. The third kappa shape index (κ3) is 3.29. The lowest BCUT2D eigenvalue weighted by molar-refractivity contribution is -0.0663. The van der Waals surface area contributed by atoms with E-state index in [1.165, 1.54) is 5.12 Å². The van der Waals surface area contributed by atoms with Gasteiger partial charge < -0.3 is 9.84 Å². The smallest absolute Gasteiger partial charge is 0.424 e. The molecule has 0 aliphatic carbocycles. The van der Waals surface area contributed by atoms with Crippen LogP contribution in [0, 0.1) is 0 Å². The Kier molecular flexibility index (Phi) is 4.39. The molecule has 1 aliphatic heterocycles. The summed E-state index contributed by atoms with van der Waals surface area (Å²) in [5.74, 6) is 0. The summed E-state index contributed by atoms with van der Waals surface area (Å²) in [4.78, 5) is 10.5. The molecule has 1 aliphatic rings. The van der Waals surface area contributed by atoms with E-state index in [9.17, 15) is 4.79 Å². The third-order valence-electron chi connectivity index (χ3n) is 1.65. The average Bonchev–Trinajstić information content (AvgIpc) is 2.15. The highest BCUT2D eigenvalue weighted by molar-refractivity contribution is 8.10. The summed E-state index contributed by atoms with van der Waals surface area (Å²) in [6.07, 6.45) is -1.17. The summed E-state index contributed by atoms with van der Waals surface area (Å²) in [5, 5.41) is 11.5. The van der Waals surface area contributed by atoms with E-state index in [-0.39, 0.29) is 4.32 Å². The molecule has 0 spiro atoms. The molecule has 8 heteroatoms. The molecule has 0 saturated carbocycles. The van der Waals surface area contributed by atoms with Crippen molar-refractivity contribution in [2.24, 2.45) is 0 Å². The van der Waals surface area contributed by atoms with Crippen LogP contribution < -0.4 is 5.43 Å². The van der Waals surface area contributed by atoms with Gasteiger partial charge in [0.1, 0.15) is 0 Å². The van der Waals surface area contributed by atoms with Crippen molar-refractivity contribution in [2.45, 2.75) is 0 Å². The van der Waals surface area contributed by atoms with Crippen LogP contribution in [-0.2, 0) is 4.74 Å². The molecule has 0 aromatic carbocycles. The first kappa shape index (κ1) is 11.5. The lowest BCUT2D eigenvalue weighted by Crippen LogP contribution is -2.57. The summed E-state index contributed by atoms with van der Waals surface area (Å²) in [5.41, 5.74) is 2.15. The first-order valence-electron chi connectivity index (χ1n) is 3.96. The number of amides is 1. The molecule has 1 heterocycles. The second-order valence-electron chi connectivity index (χ2n) is 2.58. The fourth-order valence-corrected chi connectivity index (χ4v) is 1.42. The van der Waals surface area contributed by atoms with Gasteiger partial charge in [-0.25, -0.2) is 10.2 Å². The van der Waals surface area contributed by atoms with Crippen molar-refractivity contribution in [3.05, 3.63) is 0 Å². The van der Waals surface area contributed by atoms with E-state index in [4.69, 9.17) is 22.1 Å². The predicted octanol–water partition coefficient (Wildman–Crippen LogP) is -0.0671. The van der Waals surface area contributed by atoms with Crippen LogP contribution in [0.5, 0.6) is 0 Å². The summed E-state index contributed by atoms with van der Waals surface area (Å²) in [6, 6.07) is 0. The Balaban J connectivity index is 2.56. The number of thiocarbonyl (C=S) groups is 1. The molecule has 80 valence electrons. The zero-order valence-corrected chi connectivity index (χ0v) is 9.05. The zero-order valence-electron chi connectivity index (χ0n) is 7.34. The third-order valence-corrected chi connectivity index (χ3v) is 2.02. The first-order valence-corrected chi connectivity index (χ1v) is 4.82. The minimum absolute atomic E-state index is 0.161. The van der Waals surface area contributed by atoms with Gasteiger partial charge in [0, 0.05) is 13.1 Å². The summed E-state index contributed by atoms with van der Waals surface area (Å²) < 4.78 is 5.28. The van der Waals surface area contributed by atoms with Crippen LogP contribution in [0.25, 0.3) is 0 Å². The number of ether oxygens (including phenoxy) is 1. The van der Waals surface area contributed by atoms with Gasteiger partial charge in [-0.15, -0.1) is 12.6 Å². The molecule has 1 fully saturated rings. The number of rotatable bonds is 1. The highest BCUT2D eigenvalue weighted by Gasteiger charge is 2.20. The quantitative estimate of drug-likeness (QED) is 0.337. The van der Waals surface area contributed by atoms with Crippen LogP contribution >= 0.6 is 24.8 Å². The van der Waals surface area contributed by atoms with Gasteiger partial charge in [0.15, 0.2) is 4.32 Å². The lowest BCUT2D eigenvalue weighted by atomic mass is 10.5. The molecule has 0 radical (unpaired) electrons. The highest BCUT2D eigenvalue weighted by atomic mass is 32.1. The Morgan fingerprint density at radius 3 is 2.57 bits per heavy atom. The molecular formula is C6H11N3O3S2. The number of thiol groups is 1. The Morgan fingerprint density at radius 1 is 1.57 bits per heavy atom. The Hall–Kier alpha value is -0.570. The molecule has 1 rings (SSSR count). The summed E-state index contributed by atoms with van der Waals surface area (Å²) >= 11 is 8.72. The normalized spacial score (nSPS) is 17.5. The molecule has 2 N–H and O–H groups in total. The van der Waals surface area contributed by atoms with Crippen molar-refractivity contribution in [1.82, 2.24) is 15.6 Å². The number of hydrogen-bond donors (Lipinski definition) is 3. The van der Waals surface area contributed by atoms with Crippen LogP contribution in [-0.4, -0.2) is 52.0 Å². The minimum atomic E-state index is -1.17. The van der Waals surface area contributed by atoms with E-state index in [1.807, 2.05) is 0 Å². The number of nitrogens with one attached hydrogen (secondary N) is 1. The van der Waals surface area contributed by atoms with Gasteiger partial charge in [-0.2, -0.15) is 10.1 Å². The topological polar surface area (TPSA) is 65.0 Å². The number of carbonyl (C=O) groups is 1. The van der Waals surface area contributed by atoms with Crippen molar-refractivity contribution in [1.29, 1.82) is 0 Å². The SMILES string of the molecule is O=C(O)NN(C(=S)S)N1CCOCC1. The van der Waals surface area contributed by atoms with Crippen molar-refractivity contribution in [3.63, 3.8) is 0 Å². The first-order chi connectivity index (χ1) is 6.61. The van der Waals surface area contributed by atoms with Crippen LogP contribution in [0.4, 0.5) is 4.79 Å². The molecule has 1 amide bonds. The van der Waals surface area contributed by atoms with Gasteiger partial charge in [0.25, 0.3) is 0 Å². The highest BCUT2D eigenvalue weighted by Crippen LogP contribution is 2.03. The molecule has 1 saturated heterocycles. The Labute approximate surface area is 92.2 Å². The monoisotopic (exact) mass is 237 g/mol. The van der Waals surface area contributed by atoms with E-state index >= 15 is 0 Å². The van der Waals surface area contributed by atoms with Crippen LogP contribution in [0.15, 0.2) is 0 Å². The molecule has 6 nitrogen and oxygen atoms in total. The fourth-order valence-electron chi connectivity index (χ4n) is 1.08. The van der Waals surface area contributed by atoms with E-state index in [0.717, 1.165) is 0 Å². The van der Waals surface area contributed by atoms with Crippen molar-refractivity contribution in [2.75, 3.05) is 26.3 Å². The molecule has 0 unspecified atom stereocenters. The number of morpholine rings is 1. The van der Waals surface area contributed by atoms with Gasteiger partial charge in [0.2, 0.25) is 0 Å². The minimum Gasteiger partial charge on any atom is -0.464 e. The van der Waals surface area contributed by atoms with Crippen molar-refractivity contribution in [3.8, 4) is 0 Å². The number of hydrogen-bond acceptors (Lipinski definition) is 4. The van der Waals surface area contributed by atoms with E-state index in [0.29, 0.717) is 26.3 Å². The maximum atomic E-state index is 10.5. The number of hydrazine groups is 2. The van der Waals surface area contributed by atoms with Gasteiger partial charge in [-0.1, -0.05) is 0 Å². The molecule has 14 heavy (non-hydrogen) atoms. The van der Waals surface area contributed by atoms with Gasteiger partial charge in [0.05, 0.1) is 13.2 Å². The summed E-state index contributed by atoms with van der Waals surface area (Å²) in [6.45, 7) is 2.27. The molecule has 0 atom stereocenters. The molecule has 0 aromatic heterocycles. The van der Waals surface area contributed by atoms with E-state index in [1.54, 1.807) is 5.01 Å². The van der Waals surface area contributed by atoms with Crippen molar-refractivity contribution >= 4 is 35.3 Å².